The van der Waals surface area contributed by atoms with Crippen molar-refractivity contribution in [2.24, 2.45) is 0 Å². The Morgan fingerprint density at radius 3 is 1.78 bits per heavy atom. The van der Waals surface area contributed by atoms with Crippen molar-refractivity contribution in [3.05, 3.63) is 205 Å². The summed E-state index contributed by atoms with van der Waals surface area (Å²) in [7, 11) is 0. The van der Waals surface area contributed by atoms with Gasteiger partial charge in [0, 0.05) is 45.1 Å². The average Bonchev–Trinajstić information content (AvgIpc) is 3.47. The van der Waals surface area contributed by atoms with E-state index in [0.29, 0.717) is 0 Å². The number of benzene rings is 8. The highest BCUT2D eigenvalue weighted by molar-refractivity contribution is 6.96. The third kappa shape index (κ3) is 4.42. The number of hydrogen-bond acceptors (Lipinski definition) is 2. The quantitative estimate of drug-likeness (QED) is 0.170. The van der Waals surface area contributed by atoms with Gasteiger partial charge < -0.3 is 9.80 Å². The molecular weight excluding hydrogens is 651 g/mol. The largest absolute Gasteiger partial charge is 0.311 e. The van der Waals surface area contributed by atoms with Gasteiger partial charge in [0.05, 0.1) is 0 Å². The van der Waals surface area contributed by atoms with Crippen LogP contribution in [-0.4, -0.2) is 6.71 Å². The standard InChI is InChI=1S/C51H37BN2/c1-51(2)42-30-28-36-20-12-13-25-41(36)47(42)49-50(51)52-43-31-29-38(35-18-8-4-9-19-35)33-46(43)53(40-24-14-21-37(32-40)34-16-6-3-7-17-34)44-26-15-27-45(48(44)52)54(49)39-22-10-5-11-23-39/h3-33H,1-2H3. The van der Waals surface area contributed by atoms with Gasteiger partial charge >= 0.3 is 0 Å². The van der Waals surface area contributed by atoms with E-state index in [0.717, 1.165) is 5.69 Å². The molecule has 0 unspecified atom stereocenters. The molecule has 3 aliphatic rings. The molecule has 0 saturated carbocycles. The summed E-state index contributed by atoms with van der Waals surface area (Å²) in [6, 6.07) is 69.4. The second-order valence-electron chi connectivity index (χ2n) is 15.3. The highest BCUT2D eigenvalue weighted by atomic mass is 15.2. The van der Waals surface area contributed by atoms with Crippen LogP contribution in [0.25, 0.3) is 38.7 Å². The number of anilines is 5. The molecule has 3 heteroatoms. The van der Waals surface area contributed by atoms with Crippen molar-refractivity contribution in [2.45, 2.75) is 19.3 Å². The van der Waals surface area contributed by atoms with Crippen LogP contribution >= 0.6 is 0 Å². The summed E-state index contributed by atoms with van der Waals surface area (Å²) in [5.41, 5.74) is 18.9. The average molecular weight is 689 g/mol. The van der Waals surface area contributed by atoms with E-state index in [4.69, 9.17) is 0 Å². The van der Waals surface area contributed by atoms with Crippen molar-refractivity contribution in [3.8, 4) is 22.3 Å². The van der Waals surface area contributed by atoms with Crippen molar-refractivity contribution >= 4 is 62.5 Å². The van der Waals surface area contributed by atoms with Gasteiger partial charge in [-0.2, -0.15) is 0 Å². The molecule has 0 amide bonds. The van der Waals surface area contributed by atoms with Gasteiger partial charge in [-0.15, -0.1) is 0 Å². The number of nitrogens with zero attached hydrogens (tertiary/aromatic N) is 2. The van der Waals surface area contributed by atoms with E-state index >= 15 is 0 Å². The first-order valence-corrected chi connectivity index (χ1v) is 19.0. The SMILES string of the molecule is CC1(C)C2=C(c3c1ccc1ccccc31)N(c1ccccc1)c1cccc3c1B2c1ccc(-c2ccccc2)cc1N3c1cccc(-c2ccccc2)c1. The first kappa shape index (κ1) is 31.0. The highest BCUT2D eigenvalue weighted by Crippen LogP contribution is 2.57. The second kappa shape index (κ2) is 11.7. The maximum atomic E-state index is 2.58. The molecule has 0 spiro atoms. The molecule has 0 fully saturated rings. The van der Waals surface area contributed by atoms with Gasteiger partial charge in [-0.25, -0.2) is 0 Å². The van der Waals surface area contributed by atoms with Crippen LogP contribution < -0.4 is 20.7 Å². The Labute approximate surface area is 317 Å². The molecule has 2 aliphatic heterocycles. The number of allylic oxidation sites excluding steroid dienone is 1. The Morgan fingerprint density at radius 1 is 0.444 bits per heavy atom. The fourth-order valence-electron chi connectivity index (χ4n) is 9.66. The minimum atomic E-state index is -0.234. The molecule has 2 nitrogen and oxygen atoms in total. The van der Waals surface area contributed by atoms with Gasteiger partial charge in [-0.05, 0) is 92.0 Å². The molecule has 54 heavy (non-hydrogen) atoms. The lowest BCUT2D eigenvalue weighted by atomic mass is 9.30. The summed E-state index contributed by atoms with van der Waals surface area (Å²) in [4.78, 5) is 5.11. The molecule has 8 aromatic carbocycles. The Bertz CT molecular complexity index is 2800. The maximum Gasteiger partial charge on any atom is 0.248 e. The first-order valence-electron chi connectivity index (χ1n) is 19.0. The van der Waals surface area contributed by atoms with Crippen LogP contribution in [0.5, 0.6) is 0 Å². The van der Waals surface area contributed by atoms with Gasteiger partial charge in [0.1, 0.15) is 0 Å². The minimum Gasteiger partial charge on any atom is -0.311 e. The third-order valence-electron chi connectivity index (χ3n) is 12.0. The van der Waals surface area contributed by atoms with Crippen LogP contribution in [0.15, 0.2) is 194 Å². The second-order valence-corrected chi connectivity index (χ2v) is 15.3. The monoisotopic (exact) mass is 688 g/mol. The molecule has 254 valence electrons. The normalized spacial score (nSPS) is 14.8. The number of fused-ring (bicyclic) bond motifs is 7. The Kier molecular flexibility index (Phi) is 6.72. The Balaban J connectivity index is 1.24. The van der Waals surface area contributed by atoms with Crippen LogP contribution in [-0.2, 0) is 5.41 Å². The topological polar surface area (TPSA) is 6.48 Å². The van der Waals surface area contributed by atoms with Crippen molar-refractivity contribution < 1.29 is 0 Å². The van der Waals surface area contributed by atoms with Crippen LogP contribution in [0, 0.1) is 0 Å². The zero-order valence-electron chi connectivity index (χ0n) is 30.4. The zero-order chi connectivity index (χ0) is 36.0. The predicted molar refractivity (Wildman–Crippen MR) is 229 cm³/mol. The summed E-state index contributed by atoms with van der Waals surface area (Å²) >= 11 is 0. The highest BCUT2D eigenvalue weighted by Gasteiger charge is 2.53. The van der Waals surface area contributed by atoms with Crippen LogP contribution in [0.3, 0.4) is 0 Å². The lowest BCUT2D eigenvalue weighted by Gasteiger charge is -2.46. The molecule has 0 saturated heterocycles. The lowest BCUT2D eigenvalue weighted by molar-refractivity contribution is 0.666. The minimum absolute atomic E-state index is 0.0562. The summed E-state index contributed by atoms with van der Waals surface area (Å²) < 4.78 is 0. The van der Waals surface area contributed by atoms with E-state index in [2.05, 4.69) is 212 Å². The number of rotatable bonds is 4. The van der Waals surface area contributed by atoms with Gasteiger partial charge in [0.2, 0.25) is 6.71 Å². The van der Waals surface area contributed by atoms with E-state index in [1.807, 2.05) is 0 Å². The fourth-order valence-corrected chi connectivity index (χ4v) is 9.66. The molecule has 11 rings (SSSR count). The predicted octanol–water partition coefficient (Wildman–Crippen LogP) is 12.0. The van der Waals surface area contributed by atoms with Crippen molar-refractivity contribution in [1.82, 2.24) is 0 Å². The van der Waals surface area contributed by atoms with Gasteiger partial charge in [-0.1, -0.05) is 165 Å². The lowest BCUT2D eigenvalue weighted by Crippen LogP contribution is -2.57. The summed E-state index contributed by atoms with van der Waals surface area (Å²) in [6.07, 6.45) is 0. The summed E-state index contributed by atoms with van der Waals surface area (Å²) in [5.74, 6) is 0. The summed E-state index contributed by atoms with van der Waals surface area (Å²) in [6.45, 7) is 4.96. The van der Waals surface area contributed by atoms with Crippen LogP contribution in [0.1, 0.15) is 25.0 Å². The van der Waals surface area contributed by atoms with E-state index in [9.17, 15) is 0 Å². The van der Waals surface area contributed by atoms with E-state index < -0.39 is 0 Å². The van der Waals surface area contributed by atoms with E-state index in [1.54, 1.807) is 0 Å². The molecule has 0 aromatic heterocycles. The molecule has 0 bridgehead atoms. The van der Waals surface area contributed by atoms with Gasteiger partial charge in [0.15, 0.2) is 0 Å². The van der Waals surface area contributed by atoms with Gasteiger partial charge in [0.25, 0.3) is 0 Å². The molecule has 2 heterocycles. The van der Waals surface area contributed by atoms with Crippen LogP contribution in [0.2, 0.25) is 0 Å². The Hall–Kier alpha value is -6.58. The molecular formula is C51H37BN2. The molecule has 8 aromatic rings. The molecule has 1 aliphatic carbocycles. The smallest absolute Gasteiger partial charge is 0.248 e. The first-order chi connectivity index (χ1) is 26.6. The summed E-state index contributed by atoms with van der Waals surface area (Å²) in [5, 5.41) is 2.58. The maximum absolute atomic E-state index is 2.58. The van der Waals surface area contributed by atoms with Crippen molar-refractivity contribution in [1.29, 1.82) is 0 Å². The van der Waals surface area contributed by atoms with Gasteiger partial charge in [-0.3, -0.25) is 0 Å². The fraction of sp³-hybridized carbons (Fsp3) is 0.0588. The third-order valence-corrected chi connectivity index (χ3v) is 12.0. The zero-order valence-corrected chi connectivity index (χ0v) is 30.4. The van der Waals surface area contributed by atoms with Crippen molar-refractivity contribution in [2.75, 3.05) is 9.80 Å². The molecule has 0 radical (unpaired) electrons. The Morgan fingerprint density at radius 2 is 1.04 bits per heavy atom. The number of para-hydroxylation sites is 1. The van der Waals surface area contributed by atoms with E-state index in [-0.39, 0.29) is 12.1 Å². The molecule has 0 N–H and O–H groups in total. The van der Waals surface area contributed by atoms with Crippen LogP contribution in [0.4, 0.5) is 28.4 Å². The van der Waals surface area contributed by atoms with E-state index in [1.165, 1.54) is 89.0 Å². The molecule has 0 atom stereocenters. The number of hydrogen-bond donors (Lipinski definition) is 0. The van der Waals surface area contributed by atoms with Crippen molar-refractivity contribution in [3.63, 3.8) is 0 Å².